The molecule has 0 aliphatic heterocycles. The Morgan fingerprint density at radius 2 is 1.74 bits per heavy atom. The predicted octanol–water partition coefficient (Wildman–Crippen LogP) is 4.15. The molecule has 1 heterocycles. The number of aryl methyl sites for hydroxylation is 1. The second-order valence-electron chi connectivity index (χ2n) is 7.21. The van der Waals surface area contributed by atoms with E-state index < -0.39 is 0 Å². The number of methoxy groups -OCH3 is 1. The van der Waals surface area contributed by atoms with Gasteiger partial charge in [0.15, 0.2) is 0 Å². The summed E-state index contributed by atoms with van der Waals surface area (Å²) in [5.74, 6) is 0.907. The lowest BCUT2D eigenvalue weighted by molar-refractivity contribution is 0.0932. The molecule has 146 valence electrons. The molecular weight excluding hydrogens is 340 g/mol. The van der Waals surface area contributed by atoms with Crippen LogP contribution in [-0.4, -0.2) is 36.1 Å². The largest absolute Gasteiger partial charge is 0.383 e. The van der Waals surface area contributed by atoms with Crippen LogP contribution in [0.3, 0.4) is 0 Å². The maximum absolute atomic E-state index is 12.3. The summed E-state index contributed by atoms with van der Waals surface area (Å²) >= 11 is 0. The molecule has 0 saturated heterocycles. The maximum Gasteiger partial charge on any atom is 0.270 e. The van der Waals surface area contributed by atoms with Crippen LogP contribution in [0.2, 0.25) is 0 Å². The fourth-order valence-corrected chi connectivity index (χ4v) is 2.91. The average molecular weight is 370 g/mol. The molecule has 0 fully saturated rings. The van der Waals surface area contributed by atoms with Gasteiger partial charge in [-0.3, -0.25) is 4.79 Å². The summed E-state index contributed by atoms with van der Waals surface area (Å²) in [7, 11) is 1.60. The molecule has 0 aliphatic rings. The van der Waals surface area contributed by atoms with Crippen molar-refractivity contribution in [2.75, 3.05) is 25.6 Å². The number of nitrogens with one attached hydrogen (secondary N) is 2. The first-order chi connectivity index (χ1) is 12.8. The number of carbonyl (C=O) groups is 1. The Kier molecular flexibility index (Phi) is 7.30. The molecule has 2 aromatic rings. The molecule has 0 unspecified atom stereocenters. The Balaban J connectivity index is 2.36. The number of aromatic nitrogens is 2. The molecule has 2 rings (SSSR count). The number of ether oxygens (including phenoxy) is 1. The van der Waals surface area contributed by atoms with Crippen molar-refractivity contribution in [1.82, 2.24) is 15.3 Å². The van der Waals surface area contributed by atoms with Crippen LogP contribution < -0.4 is 10.6 Å². The number of rotatable bonds is 8. The number of carbonyl (C=O) groups excluding carboxylic acids is 1. The fraction of sp³-hybridized carbons (Fsp3) is 0.476. The van der Waals surface area contributed by atoms with E-state index in [0.29, 0.717) is 36.6 Å². The zero-order valence-electron chi connectivity index (χ0n) is 17.1. The lowest BCUT2D eigenvalue weighted by Crippen LogP contribution is -2.28. The first-order valence-electron chi connectivity index (χ1n) is 9.36. The van der Waals surface area contributed by atoms with Gasteiger partial charge in [-0.1, -0.05) is 45.9 Å². The zero-order chi connectivity index (χ0) is 20.0. The van der Waals surface area contributed by atoms with Gasteiger partial charge in [0.2, 0.25) is 5.95 Å². The first-order valence-corrected chi connectivity index (χ1v) is 9.36. The Morgan fingerprint density at radius 3 is 2.30 bits per heavy atom. The summed E-state index contributed by atoms with van der Waals surface area (Å²) in [6.07, 6.45) is 0. The molecule has 0 atom stereocenters. The van der Waals surface area contributed by atoms with Crippen molar-refractivity contribution in [2.45, 2.75) is 46.5 Å². The van der Waals surface area contributed by atoms with Crippen LogP contribution in [0.1, 0.15) is 66.8 Å². The Hall–Kier alpha value is -2.47. The minimum atomic E-state index is -0.234. The number of nitrogens with zero attached hydrogens (tertiary/aromatic N) is 2. The number of hydrogen-bond acceptors (Lipinski definition) is 5. The van der Waals surface area contributed by atoms with Gasteiger partial charge in [-0.25, -0.2) is 9.97 Å². The third-order valence-electron chi connectivity index (χ3n) is 4.29. The van der Waals surface area contributed by atoms with Crippen LogP contribution in [0.15, 0.2) is 24.3 Å². The summed E-state index contributed by atoms with van der Waals surface area (Å²) in [4.78, 5) is 21.3. The van der Waals surface area contributed by atoms with Gasteiger partial charge >= 0.3 is 0 Å². The molecule has 0 spiro atoms. The van der Waals surface area contributed by atoms with Crippen LogP contribution in [0.25, 0.3) is 0 Å². The van der Waals surface area contributed by atoms with Crippen LogP contribution >= 0.6 is 0 Å². The number of hydrogen-bond donors (Lipinski definition) is 2. The Bertz CT molecular complexity index is 761. The van der Waals surface area contributed by atoms with Gasteiger partial charge in [0.1, 0.15) is 5.69 Å². The number of benzene rings is 1. The molecule has 1 aromatic heterocycles. The molecule has 2 N–H and O–H groups in total. The van der Waals surface area contributed by atoms with Gasteiger partial charge in [-0.05, 0) is 36.0 Å². The molecule has 0 saturated carbocycles. The summed E-state index contributed by atoms with van der Waals surface area (Å²) in [6.45, 7) is 11.4. The van der Waals surface area contributed by atoms with Crippen molar-refractivity contribution in [2.24, 2.45) is 0 Å². The van der Waals surface area contributed by atoms with Crippen LogP contribution in [-0.2, 0) is 4.74 Å². The van der Waals surface area contributed by atoms with Gasteiger partial charge in [0.05, 0.1) is 6.61 Å². The summed E-state index contributed by atoms with van der Waals surface area (Å²) in [6, 6.07) is 8.01. The highest BCUT2D eigenvalue weighted by molar-refractivity contribution is 5.92. The molecule has 6 nitrogen and oxygen atoms in total. The Morgan fingerprint density at radius 1 is 1.11 bits per heavy atom. The van der Waals surface area contributed by atoms with E-state index >= 15 is 0 Å². The first kappa shape index (κ1) is 20.8. The molecule has 6 heteroatoms. The second kappa shape index (κ2) is 9.46. The topological polar surface area (TPSA) is 76.1 Å². The number of para-hydroxylation sites is 1. The number of amides is 1. The standard InChI is InChI=1S/C21H30N4O2/c1-13(2)16-8-7-9-17(14(3)4)19(16)25-21-23-15(5)12-18(24-21)20(26)22-10-11-27-6/h7-9,12-14H,10-11H2,1-6H3,(H,22,26)(H,23,24,25). The van der Waals surface area contributed by atoms with Crippen molar-refractivity contribution in [3.63, 3.8) is 0 Å². The maximum atomic E-state index is 12.3. The minimum Gasteiger partial charge on any atom is -0.383 e. The van der Waals surface area contributed by atoms with Crippen molar-refractivity contribution >= 4 is 17.5 Å². The van der Waals surface area contributed by atoms with Crippen LogP contribution in [0.5, 0.6) is 0 Å². The third kappa shape index (κ3) is 5.50. The van der Waals surface area contributed by atoms with Gasteiger partial charge < -0.3 is 15.4 Å². The summed E-state index contributed by atoms with van der Waals surface area (Å²) < 4.78 is 4.97. The monoisotopic (exact) mass is 370 g/mol. The molecule has 27 heavy (non-hydrogen) atoms. The summed E-state index contributed by atoms with van der Waals surface area (Å²) in [5, 5.41) is 6.18. The molecule has 1 amide bonds. The van der Waals surface area contributed by atoms with Crippen molar-refractivity contribution in [1.29, 1.82) is 0 Å². The molecule has 0 bridgehead atoms. The van der Waals surface area contributed by atoms with Gasteiger partial charge in [0, 0.05) is 25.0 Å². The lowest BCUT2D eigenvalue weighted by atomic mass is 9.93. The molecular formula is C21H30N4O2. The number of anilines is 2. The van der Waals surface area contributed by atoms with E-state index in [4.69, 9.17) is 4.74 Å². The molecule has 1 aromatic carbocycles. The smallest absolute Gasteiger partial charge is 0.270 e. The highest BCUT2D eigenvalue weighted by Gasteiger charge is 2.16. The van der Waals surface area contributed by atoms with E-state index in [2.05, 4.69) is 66.5 Å². The van der Waals surface area contributed by atoms with E-state index in [-0.39, 0.29) is 5.91 Å². The van der Waals surface area contributed by atoms with E-state index in [9.17, 15) is 4.79 Å². The third-order valence-corrected chi connectivity index (χ3v) is 4.29. The van der Waals surface area contributed by atoms with Crippen molar-refractivity contribution < 1.29 is 9.53 Å². The zero-order valence-corrected chi connectivity index (χ0v) is 17.1. The highest BCUT2D eigenvalue weighted by Crippen LogP contribution is 2.33. The van der Waals surface area contributed by atoms with E-state index in [0.717, 1.165) is 11.4 Å². The van der Waals surface area contributed by atoms with E-state index in [1.54, 1.807) is 13.2 Å². The van der Waals surface area contributed by atoms with Gasteiger partial charge in [-0.2, -0.15) is 0 Å². The second-order valence-corrected chi connectivity index (χ2v) is 7.21. The Labute approximate surface area is 161 Å². The fourth-order valence-electron chi connectivity index (χ4n) is 2.91. The average Bonchev–Trinajstić information content (AvgIpc) is 2.61. The minimum absolute atomic E-state index is 0.234. The highest BCUT2D eigenvalue weighted by atomic mass is 16.5. The lowest BCUT2D eigenvalue weighted by Gasteiger charge is -2.20. The van der Waals surface area contributed by atoms with E-state index in [1.165, 1.54) is 11.1 Å². The quantitative estimate of drug-likeness (QED) is 0.683. The SMILES string of the molecule is COCCNC(=O)c1cc(C)nc(Nc2c(C(C)C)cccc2C(C)C)n1. The van der Waals surface area contributed by atoms with Crippen LogP contribution in [0.4, 0.5) is 11.6 Å². The normalized spacial score (nSPS) is 11.1. The van der Waals surface area contributed by atoms with Crippen molar-refractivity contribution in [3.8, 4) is 0 Å². The van der Waals surface area contributed by atoms with Gasteiger partial charge in [-0.15, -0.1) is 0 Å². The molecule has 0 aliphatic carbocycles. The predicted molar refractivity (Wildman–Crippen MR) is 109 cm³/mol. The van der Waals surface area contributed by atoms with Crippen LogP contribution in [0, 0.1) is 6.92 Å². The van der Waals surface area contributed by atoms with E-state index in [1.807, 2.05) is 6.92 Å². The van der Waals surface area contributed by atoms with Gasteiger partial charge in [0.25, 0.3) is 5.91 Å². The summed E-state index contributed by atoms with van der Waals surface area (Å²) in [5.41, 5.74) is 4.51. The van der Waals surface area contributed by atoms with Crippen molar-refractivity contribution in [3.05, 3.63) is 46.8 Å². The molecule has 0 radical (unpaired) electrons.